The first kappa shape index (κ1) is 26.3. The molecule has 0 spiro atoms. The van der Waals surface area contributed by atoms with Crippen LogP contribution in [0.1, 0.15) is 35.3 Å². The van der Waals surface area contributed by atoms with Gasteiger partial charge in [-0.2, -0.15) is 0 Å². The third-order valence-electron chi connectivity index (χ3n) is 5.15. The fourth-order valence-corrected chi connectivity index (χ4v) is 4.29. The number of ether oxygens (including phenoxy) is 1. The van der Waals surface area contributed by atoms with Crippen molar-refractivity contribution in [1.82, 2.24) is 0 Å². The molecule has 1 aromatic heterocycles. The van der Waals surface area contributed by atoms with E-state index in [0.717, 1.165) is 28.0 Å². The lowest BCUT2D eigenvalue weighted by molar-refractivity contribution is -0.384. The minimum absolute atomic E-state index is 0.0133. The van der Waals surface area contributed by atoms with Crippen LogP contribution in [0, 0.1) is 24.0 Å². The van der Waals surface area contributed by atoms with Gasteiger partial charge in [-0.25, -0.2) is 4.79 Å². The average molecular weight is 508 g/mol. The van der Waals surface area contributed by atoms with Gasteiger partial charge >= 0.3 is 5.97 Å². The van der Waals surface area contributed by atoms with Gasteiger partial charge in [-0.1, -0.05) is 35.9 Å². The molecule has 3 aromatic rings. The van der Waals surface area contributed by atoms with E-state index in [1.54, 1.807) is 33.1 Å². The molecule has 36 heavy (non-hydrogen) atoms. The van der Waals surface area contributed by atoms with Crippen molar-refractivity contribution < 1.29 is 24.0 Å². The Bertz CT molecular complexity index is 1360. The van der Waals surface area contributed by atoms with E-state index in [4.69, 9.17) is 4.74 Å². The fraction of sp³-hybridized carbons (Fsp3) is 0.192. The zero-order valence-corrected chi connectivity index (χ0v) is 21.0. The molecule has 2 N–H and O–H groups in total. The number of aryl methyl sites for hydroxylation is 2. The minimum atomic E-state index is -0.813. The van der Waals surface area contributed by atoms with Crippen LogP contribution in [-0.2, 0) is 14.3 Å². The molecule has 0 aliphatic carbocycles. The molecule has 0 unspecified atom stereocenters. The maximum Gasteiger partial charge on any atom is 0.342 e. The van der Waals surface area contributed by atoms with E-state index in [0.29, 0.717) is 11.1 Å². The molecule has 0 bridgehead atoms. The normalized spacial score (nSPS) is 10.3. The summed E-state index contributed by atoms with van der Waals surface area (Å²) in [6, 6.07) is 12.0. The number of carbonyl (C=O) groups excluding carboxylic acids is 3. The highest BCUT2D eigenvalue weighted by Crippen LogP contribution is 2.36. The number of allylic oxidation sites excluding steroid dienone is 1. The Labute approximate surface area is 211 Å². The summed E-state index contributed by atoms with van der Waals surface area (Å²) >= 11 is 1.16. The standard InChI is InChI=1S/C26H25N3O6S/c1-15(2)10-22(30)28-25-24(19(14-36-25)18-8-6-5-7-9-18)26(32)35-13-23(31)27-20-11-16(3)17(4)12-21(20)29(33)34/h5-12,14H,13H2,1-4H3,(H,27,31)(H,28,30). The summed E-state index contributed by atoms with van der Waals surface area (Å²) in [7, 11) is 0. The van der Waals surface area contributed by atoms with Crippen LogP contribution in [0.5, 0.6) is 0 Å². The van der Waals surface area contributed by atoms with Crippen LogP contribution in [0.25, 0.3) is 11.1 Å². The van der Waals surface area contributed by atoms with Crippen molar-refractivity contribution in [2.75, 3.05) is 17.2 Å². The lowest BCUT2D eigenvalue weighted by Crippen LogP contribution is -2.22. The van der Waals surface area contributed by atoms with E-state index in [2.05, 4.69) is 10.6 Å². The van der Waals surface area contributed by atoms with Crippen LogP contribution in [-0.4, -0.2) is 29.3 Å². The highest BCUT2D eigenvalue weighted by Gasteiger charge is 2.24. The summed E-state index contributed by atoms with van der Waals surface area (Å²) in [6.45, 7) is 6.37. The molecule has 186 valence electrons. The number of nitrogens with one attached hydrogen (secondary N) is 2. The molecule has 0 fully saturated rings. The molecule has 0 saturated carbocycles. The topological polar surface area (TPSA) is 128 Å². The first-order valence-electron chi connectivity index (χ1n) is 10.9. The van der Waals surface area contributed by atoms with E-state index in [-0.39, 0.29) is 21.9 Å². The van der Waals surface area contributed by atoms with E-state index < -0.39 is 29.3 Å². The molecule has 0 atom stereocenters. The Balaban J connectivity index is 1.82. The van der Waals surface area contributed by atoms with Crippen molar-refractivity contribution in [2.24, 2.45) is 0 Å². The second-order valence-corrected chi connectivity index (χ2v) is 9.15. The molecule has 3 rings (SSSR count). The number of nitro groups is 1. The van der Waals surface area contributed by atoms with Gasteiger partial charge in [0.15, 0.2) is 6.61 Å². The van der Waals surface area contributed by atoms with Gasteiger partial charge in [-0.05, 0) is 50.5 Å². The highest BCUT2D eigenvalue weighted by atomic mass is 32.1. The van der Waals surface area contributed by atoms with Gasteiger partial charge in [0, 0.05) is 23.1 Å². The van der Waals surface area contributed by atoms with Crippen LogP contribution in [0.3, 0.4) is 0 Å². The Morgan fingerprint density at radius 1 is 1.06 bits per heavy atom. The molecule has 2 aromatic carbocycles. The number of thiophene rings is 1. The van der Waals surface area contributed by atoms with Crippen molar-refractivity contribution in [1.29, 1.82) is 0 Å². The van der Waals surface area contributed by atoms with Crippen molar-refractivity contribution >= 4 is 45.5 Å². The largest absolute Gasteiger partial charge is 0.452 e. The number of rotatable bonds is 8. The number of carbonyl (C=O) groups is 3. The molecule has 9 nitrogen and oxygen atoms in total. The summed E-state index contributed by atoms with van der Waals surface area (Å²) in [5.41, 5.74) is 3.41. The lowest BCUT2D eigenvalue weighted by atomic mass is 10.0. The van der Waals surface area contributed by atoms with Gasteiger partial charge in [0.25, 0.3) is 11.6 Å². The number of benzene rings is 2. The summed E-state index contributed by atoms with van der Waals surface area (Å²) in [5, 5.41) is 18.5. The second-order valence-electron chi connectivity index (χ2n) is 8.27. The van der Waals surface area contributed by atoms with Crippen LogP contribution < -0.4 is 10.6 Å². The first-order valence-corrected chi connectivity index (χ1v) is 11.8. The fourth-order valence-electron chi connectivity index (χ4n) is 3.33. The predicted molar refractivity (Wildman–Crippen MR) is 139 cm³/mol. The smallest absolute Gasteiger partial charge is 0.342 e. The van der Waals surface area contributed by atoms with Gasteiger partial charge in [0.05, 0.1) is 4.92 Å². The summed E-state index contributed by atoms with van der Waals surface area (Å²) < 4.78 is 5.26. The maximum atomic E-state index is 13.1. The molecule has 0 saturated heterocycles. The Kier molecular flexibility index (Phi) is 8.34. The predicted octanol–water partition coefficient (Wildman–Crippen LogP) is 5.64. The molecular formula is C26H25N3O6S. The third kappa shape index (κ3) is 6.42. The number of esters is 1. The second kappa shape index (κ2) is 11.4. The van der Waals surface area contributed by atoms with E-state index >= 15 is 0 Å². The number of hydrogen-bond donors (Lipinski definition) is 2. The van der Waals surface area contributed by atoms with Gasteiger partial charge in [-0.3, -0.25) is 19.7 Å². The van der Waals surface area contributed by atoms with Crippen molar-refractivity contribution in [2.45, 2.75) is 27.7 Å². The number of nitrogens with zero attached hydrogens (tertiary/aromatic N) is 1. The Morgan fingerprint density at radius 3 is 2.36 bits per heavy atom. The van der Waals surface area contributed by atoms with Crippen LogP contribution in [0.15, 0.2) is 59.5 Å². The van der Waals surface area contributed by atoms with Crippen molar-refractivity contribution in [3.8, 4) is 11.1 Å². The van der Waals surface area contributed by atoms with Crippen molar-refractivity contribution in [3.05, 3.63) is 86.3 Å². The molecule has 0 aliphatic rings. The van der Waals surface area contributed by atoms with Gasteiger partial charge < -0.3 is 15.4 Å². The third-order valence-corrected chi connectivity index (χ3v) is 6.05. The maximum absolute atomic E-state index is 13.1. The van der Waals surface area contributed by atoms with Crippen molar-refractivity contribution in [3.63, 3.8) is 0 Å². The van der Waals surface area contributed by atoms with Gasteiger partial charge in [0.1, 0.15) is 16.3 Å². The summed E-state index contributed by atoms with van der Waals surface area (Å²) in [4.78, 5) is 48.7. The van der Waals surface area contributed by atoms with E-state index in [9.17, 15) is 24.5 Å². The zero-order valence-electron chi connectivity index (χ0n) is 20.2. The number of amides is 2. The molecule has 10 heteroatoms. The van der Waals surface area contributed by atoms with E-state index in [1.165, 1.54) is 18.2 Å². The first-order chi connectivity index (χ1) is 17.1. The highest BCUT2D eigenvalue weighted by molar-refractivity contribution is 7.15. The Morgan fingerprint density at radius 2 is 1.72 bits per heavy atom. The molecule has 0 aliphatic heterocycles. The monoisotopic (exact) mass is 507 g/mol. The molecular weight excluding hydrogens is 482 g/mol. The van der Waals surface area contributed by atoms with E-state index in [1.807, 2.05) is 30.3 Å². The van der Waals surface area contributed by atoms with Gasteiger partial charge in [-0.15, -0.1) is 11.3 Å². The van der Waals surface area contributed by atoms with Crippen LogP contribution >= 0.6 is 11.3 Å². The number of anilines is 2. The molecule has 0 radical (unpaired) electrons. The molecule has 1 heterocycles. The van der Waals surface area contributed by atoms with Gasteiger partial charge in [0.2, 0.25) is 5.91 Å². The quantitative estimate of drug-likeness (QED) is 0.176. The number of nitro benzene ring substituents is 1. The lowest BCUT2D eigenvalue weighted by Gasteiger charge is -2.11. The molecule has 2 amide bonds. The number of hydrogen-bond acceptors (Lipinski definition) is 7. The average Bonchev–Trinajstić information content (AvgIpc) is 3.23. The van der Waals surface area contributed by atoms with Crippen LogP contribution in [0.4, 0.5) is 16.4 Å². The minimum Gasteiger partial charge on any atom is -0.452 e. The van der Waals surface area contributed by atoms with Crippen LogP contribution in [0.2, 0.25) is 0 Å². The Hall–Kier alpha value is -4.31. The SMILES string of the molecule is CC(C)=CC(=O)Nc1scc(-c2ccccc2)c1C(=O)OCC(=O)Nc1cc(C)c(C)cc1[N+](=O)[O-]. The summed E-state index contributed by atoms with van der Waals surface area (Å²) in [5.74, 6) is -1.95. The zero-order chi connectivity index (χ0) is 26.4. The summed E-state index contributed by atoms with van der Waals surface area (Å²) in [6.07, 6.45) is 1.40.